The van der Waals surface area contributed by atoms with Gasteiger partial charge in [-0.3, -0.25) is 4.40 Å². The molecule has 0 atom stereocenters. The molecule has 0 amide bonds. The van der Waals surface area contributed by atoms with E-state index in [0.717, 1.165) is 46.4 Å². The van der Waals surface area contributed by atoms with Gasteiger partial charge in [0.25, 0.3) is 0 Å². The highest BCUT2D eigenvalue weighted by atomic mass is 15.2. The van der Waals surface area contributed by atoms with Gasteiger partial charge in [-0.1, -0.05) is 19.1 Å². The van der Waals surface area contributed by atoms with Crippen molar-refractivity contribution in [2.45, 2.75) is 64.3 Å². The number of fused-ring (bicyclic) bond motifs is 3. The van der Waals surface area contributed by atoms with E-state index in [9.17, 15) is 5.26 Å². The molecule has 0 aliphatic heterocycles. The molecule has 4 heteroatoms. The number of pyridine rings is 1. The summed E-state index contributed by atoms with van der Waals surface area (Å²) < 4.78 is 2.25. The summed E-state index contributed by atoms with van der Waals surface area (Å²) >= 11 is 0. The van der Waals surface area contributed by atoms with Gasteiger partial charge in [0.1, 0.15) is 11.9 Å². The van der Waals surface area contributed by atoms with Gasteiger partial charge in [0.2, 0.25) is 0 Å². The van der Waals surface area contributed by atoms with Crippen molar-refractivity contribution in [3.63, 3.8) is 0 Å². The van der Waals surface area contributed by atoms with Crippen LogP contribution in [0.25, 0.3) is 16.7 Å². The maximum Gasteiger partial charge on any atom is 0.157 e. The molecule has 4 fully saturated rings. The van der Waals surface area contributed by atoms with Crippen molar-refractivity contribution in [3.8, 4) is 6.07 Å². The molecule has 29 heavy (non-hydrogen) atoms. The molecule has 3 aromatic rings. The van der Waals surface area contributed by atoms with E-state index in [1.807, 2.05) is 6.07 Å². The van der Waals surface area contributed by atoms with Gasteiger partial charge in [-0.15, -0.1) is 0 Å². The number of nitrogens with one attached hydrogen (secondary N) is 1. The van der Waals surface area contributed by atoms with E-state index in [4.69, 9.17) is 4.98 Å². The highest BCUT2D eigenvalue weighted by molar-refractivity contribution is 5.86. The van der Waals surface area contributed by atoms with Crippen LogP contribution < -0.4 is 5.32 Å². The zero-order valence-electron chi connectivity index (χ0n) is 17.3. The smallest absolute Gasteiger partial charge is 0.157 e. The van der Waals surface area contributed by atoms with Crippen LogP contribution in [0.15, 0.2) is 24.3 Å². The number of anilines is 1. The van der Waals surface area contributed by atoms with Crippen molar-refractivity contribution in [1.82, 2.24) is 9.38 Å². The number of hydrogen-bond acceptors (Lipinski definition) is 3. The number of rotatable bonds is 3. The molecule has 1 N–H and O–H groups in total. The number of hydrogen-bond donors (Lipinski definition) is 1. The quantitative estimate of drug-likeness (QED) is 0.638. The minimum absolute atomic E-state index is 0.220. The SMILES string of the molecule is CCc1c(C)c(C#N)c2nc3ccccc3n2c1NC12CC3CC(CC(C3)C1)C2. The van der Waals surface area contributed by atoms with Crippen molar-refractivity contribution in [2.24, 2.45) is 17.8 Å². The number of nitrogens with zero attached hydrogens (tertiary/aromatic N) is 3. The van der Waals surface area contributed by atoms with Crippen LogP contribution in [-0.4, -0.2) is 14.9 Å². The molecule has 4 aliphatic carbocycles. The molecule has 7 rings (SSSR count). The van der Waals surface area contributed by atoms with E-state index in [0.29, 0.717) is 5.56 Å². The molecule has 0 radical (unpaired) electrons. The normalized spacial score (nSPS) is 30.2. The lowest BCUT2D eigenvalue weighted by molar-refractivity contribution is 0.0105. The molecule has 4 aliphatic rings. The highest BCUT2D eigenvalue weighted by Crippen LogP contribution is 2.57. The van der Waals surface area contributed by atoms with Crippen LogP contribution in [-0.2, 0) is 6.42 Å². The van der Waals surface area contributed by atoms with Gasteiger partial charge in [0.05, 0.1) is 16.6 Å². The van der Waals surface area contributed by atoms with Gasteiger partial charge in [-0.05, 0) is 92.9 Å². The Balaban J connectivity index is 1.61. The third kappa shape index (κ3) is 2.40. The molecular formula is C25H28N4. The summed E-state index contributed by atoms with van der Waals surface area (Å²) in [6.07, 6.45) is 9.14. The van der Waals surface area contributed by atoms with Gasteiger partial charge in [-0.25, -0.2) is 4.98 Å². The monoisotopic (exact) mass is 384 g/mol. The second-order valence-corrected chi connectivity index (χ2v) is 9.87. The minimum Gasteiger partial charge on any atom is -0.365 e. The van der Waals surface area contributed by atoms with Crippen LogP contribution in [0.2, 0.25) is 0 Å². The van der Waals surface area contributed by atoms with Crippen LogP contribution in [0, 0.1) is 36.0 Å². The molecule has 2 heterocycles. The average Bonchev–Trinajstić information content (AvgIpc) is 3.06. The predicted octanol–water partition coefficient (Wildman–Crippen LogP) is 5.61. The molecule has 148 valence electrons. The fourth-order valence-corrected chi connectivity index (χ4v) is 7.26. The van der Waals surface area contributed by atoms with Crippen molar-refractivity contribution in [2.75, 3.05) is 5.32 Å². The second kappa shape index (κ2) is 5.98. The van der Waals surface area contributed by atoms with E-state index in [1.54, 1.807) is 0 Å². The molecule has 0 saturated heterocycles. The number of benzene rings is 1. The van der Waals surface area contributed by atoms with E-state index >= 15 is 0 Å². The first kappa shape index (κ1) is 17.3. The van der Waals surface area contributed by atoms with Crippen LogP contribution in [0.5, 0.6) is 0 Å². The summed E-state index contributed by atoms with van der Waals surface area (Å²) in [5.41, 5.74) is 6.16. The second-order valence-electron chi connectivity index (χ2n) is 9.87. The van der Waals surface area contributed by atoms with Crippen LogP contribution in [0.4, 0.5) is 5.82 Å². The molecule has 4 nitrogen and oxygen atoms in total. The largest absolute Gasteiger partial charge is 0.365 e. The van der Waals surface area contributed by atoms with E-state index in [-0.39, 0.29) is 5.54 Å². The average molecular weight is 385 g/mol. The lowest BCUT2D eigenvalue weighted by atomic mass is 9.53. The van der Waals surface area contributed by atoms with Gasteiger partial charge >= 0.3 is 0 Å². The summed E-state index contributed by atoms with van der Waals surface area (Å²) in [4.78, 5) is 4.88. The highest BCUT2D eigenvalue weighted by Gasteiger charge is 2.51. The van der Waals surface area contributed by atoms with E-state index in [2.05, 4.69) is 47.8 Å². The Morgan fingerprint density at radius 3 is 2.41 bits per heavy atom. The Kier molecular flexibility index (Phi) is 3.57. The summed E-state index contributed by atoms with van der Waals surface area (Å²) in [6, 6.07) is 10.7. The number of aromatic nitrogens is 2. The lowest BCUT2D eigenvalue weighted by Crippen LogP contribution is -2.55. The first-order valence-electron chi connectivity index (χ1n) is 11.2. The predicted molar refractivity (Wildman–Crippen MR) is 116 cm³/mol. The number of nitriles is 1. The zero-order valence-corrected chi connectivity index (χ0v) is 17.3. The van der Waals surface area contributed by atoms with Gasteiger partial charge in [0, 0.05) is 5.54 Å². The Bertz CT molecular complexity index is 1140. The Hall–Kier alpha value is -2.54. The van der Waals surface area contributed by atoms with Crippen LogP contribution >= 0.6 is 0 Å². The van der Waals surface area contributed by atoms with Crippen molar-refractivity contribution in [1.29, 1.82) is 5.26 Å². The Morgan fingerprint density at radius 2 is 1.79 bits per heavy atom. The van der Waals surface area contributed by atoms with Crippen LogP contribution in [0.1, 0.15) is 62.1 Å². The minimum atomic E-state index is 0.220. The van der Waals surface area contributed by atoms with E-state index < -0.39 is 0 Å². The maximum atomic E-state index is 9.93. The molecular weight excluding hydrogens is 356 g/mol. The van der Waals surface area contributed by atoms with Gasteiger partial charge in [0.15, 0.2) is 5.65 Å². The molecule has 0 unspecified atom stereocenters. The summed E-state index contributed by atoms with van der Waals surface area (Å²) in [5.74, 6) is 3.88. The first-order chi connectivity index (χ1) is 14.1. The summed E-state index contributed by atoms with van der Waals surface area (Å²) in [5, 5.41) is 14.1. The maximum absolute atomic E-state index is 9.93. The molecule has 2 aromatic heterocycles. The van der Waals surface area contributed by atoms with Crippen LogP contribution in [0.3, 0.4) is 0 Å². The van der Waals surface area contributed by atoms with Crippen molar-refractivity contribution < 1.29 is 0 Å². The Morgan fingerprint density at radius 1 is 1.14 bits per heavy atom. The van der Waals surface area contributed by atoms with Crippen molar-refractivity contribution >= 4 is 22.5 Å². The topological polar surface area (TPSA) is 53.1 Å². The fourth-order valence-electron chi connectivity index (χ4n) is 7.26. The molecule has 4 bridgehead atoms. The standard InChI is InChI=1S/C25H28N4/c1-3-19-15(2)20(14-26)23-27-21-6-4-5-7-22(21)29(23)24(19)28-25-11-16-8-17(12-25)10-18(9-16)13-25/h4-7,16-18,28H,3,8-13H2,1-2H3. The first-order valence-corrected chi connectivity index (χ1v) is 11.2. The van der Waals surface area contributed by atoms with Crippen molar-refractivity contribution in [3.05, 3.63) is 41.0 Å². The zero-order chi connectivity index (χ0) is 19.8. The summed E-state index contributed by atoms with van der Waals surface area (Å²) in [7, 11) is 0. The fraction of sp³-hybridized carbons (Fsp3) is 0.520. The third-order valence-electron chi connectivity index (χ3n) is 8.01. The molecule has 4 saturated carbocycles. The Labute approximate surface area is 171 Å². The van der Waals surface area contributed by atoms with Gasteiger partial charge in [-0.2, -0.15) is 5.26 Å². The van der Waals surface area contributed by atoms with Gasteiger partial charge < -0.3 is 5.32 Å². The number of imidazole rings is 1. The summed E-state index contributed by atoms with van der Waals surface area (Å²) in [6.45, 7) is 4.31. The lowest BCUT2D eigenvalue weighted by Gasteiger charge is -2.57. The number of para-hydroxylation sites is 2. The van der Waals surface area contributed by atoms with E-state index in [1.165, 1.54) is 49.9 Å². The molecule has 0 spiro atoms. The third-order valence-corrected chi connectivity index (χ3v) is 8.01. The molecule has 1 aromatic carbocycles.